The molecular weight excluding hydrogens is 265 g/mol. The largest absolute Gasteiger partial charge is 0.389 e. The molecule has 0 fully saturated rings. The first kappa shape index (κ1) is 17.7. The van der Waals surface area contributed by atoms with Gasteiger partial charge in [0.15, 0.2) is 0 Å². The van der Waals surface area contributed by atoms with Gasteiger partial charge in [-0.15, -0.1) is 0 Å². The second-order valence-electron chi connectivity index (χ2n) is 6.33. The highest BCUT2D eigenvalue weighted by molar-refractivity contribution is 7.32. The number of hydrogen-bond acceptors (Lipinski definition) is 3. The Kier molecular flexibility index (Phi) is 7.79. The molecule has 0 aromatic heterocycles. The van der Waals surface area contributed by atoms with Gasteiger partial charge in [-0.2, -0.15) is 0 Å². The monoisotopic (exact) mass is 297 g/mol. The normalized spacial score (nSPS) is 23.6. The van der Waals surface area contributed by atoms with Gasteiger partial charge in [0.25, 0.3) is 0 Å². The molecule has 0 radical (unpaired) electrons. The van der Waals surface area contributed by atoms with Crippen molar-refractivity contribution in [1.29, 1.82) is 0 Å². The average Bonchev–Trinajstić information content (AvgIpc) is 2.30. The van der Waals surface area contributed by atoms with Crippen LogP contribution in [-0.2, 0) is 0 Å². The van der Waals surface area contributed by atoms with Crippen LogP contribution < -0.4 is 5.32 Å². The lowest BCUT2D eigenvalue weighted by Crippen LogP contribution is -2.34. The molecule has 1 unspecified atom stereocenters. The number of rotatable bonds is 5. The number of nitrogens with one attached hydrogen (secondary N) is 1. The molecule has 0 aliphatic carbocycles. The topological polar surface area (TPSA) is 18.5 Å². The molecule has 1 heterocycles. The Hall–Kier alpha value is -0.370. The Labute approximate surface area is 127 Å². The maximum atomic E-state index is 3.35. The van der Waals surface area contributed by atoms with Gasteiger partial charge in [0.1, 0.15) is 0 Å². The maximum absolute atomic E-state index is 3.35. The van der Waals surface area contributed by atoms with E-state index in [0.29, 0.717) is 18.1 Å². The maximum Gasteiger partial charge on any atom is 0.0281 e. The van der Waals surface area contributed by atoms with Crippen LogP contribution in [0, 0.1) is 0 Å². The minimum Gasteiger partial charge on any atom is -0.389 e. The second-order valence-corrected chi connectivity index (χ2v) is 7.68. The van der Waals surface area contributed by atoms with E-state index in [9.17, 15) is 0 Å². The van der Waals surface area contributed by atoms with Crippen molar-refractivity contribution in [3.8, 4) is 0 Å². The van der Waals surface area contributed by atoms with Gasteiger partial charge >= 0.3 is 0 Å². The first-order chi connectivity index (χ1) is 9.40. The zero-order valence-corrected chi connectivity index (χ0v) is 15.0. The van der Waals surface area contributed by atoms with Gasteiger partial charge < -0.3 is 5.32 Å². The summed E-state index contributed by atoms with van der Waals surface area (Å²) in [5, 5.41) is 3.35. The van der Waals surface area contributed by atoms with Gasteiger partial charge in [-0.1, -0.05) is 6.08 Å². The number of nitrogens with zero attached hydrogens (tertiary/aromatic N) is 2. The van der Waals surface area contributed by atoms with Gasteiger partial charge in [-0.25, -0.2) is 0 Å². The van der Waals surface area contributed by atoms with E-state index in [1.807, 2.05) is 0 Å². The smallest absolute Gasteiger partial charge is 0.0281 e. The third kappa shape index (κ3) is 6.39. The molecule has 0 bridgehead atoms. The lowest BCUT2D eigenvalue weighted by Gasteiger charge is -2.36. The summed E-state index contributed by atoms with van der Waals surface area (Å²) in [5.74, 6) is 0. The molecule has 0 saturated heterocycles. The average molecular weight is 297 g/mol. The highest BCUT2D eigenvalue weighted by atomic mass is 31.1. The molecule has 0 aromatic rings. The Balaban J connectivity index is 2.73. The lowest BCUT2D eigenvalue weighted by atomic mass is 10.2. The minimum absolute atomic E-state index is 0.500. The van der Waals surface area contributed by atoms with Gasteiger partial charge in [0, 0.05) is 40.1 Å². The van der Waals surface area contributed by atoms with E-state index in [0.717, 1.165) is 28.4 Å². The fourth-order valence-electron chi connectivity index (χ4n) is 2.04. The summed E-state index contributed by atoms with van der Waals surface area (Å²) < 4.78 is 5.16. The summed E-state index contributed by atoms with van der Waals surface area (Å²) in [5.41, 5.74) is 1.43. The minimum atomic E-state index is 0.500. The van der Waals surface area contributed by atoms with Crippen molar-refractivity contribution < 1.29 is 0 Å². The molecule has 0 aromatic carbocycles. The van der Waals surface area contributed by atoms with Gasteiger partial charge in [0.2, 0.25) is 0 Å². The van der Waals surface area contributed by atoms with Crippen LogP contribution in [0.5, 0.6) is 0 Å². The quantitative estimate of drug-likeness (QED) is 0.780. The van der Waals surface area contributed by atoms with Gasteiger partial charge in [-0.05, 0) is 65.8 Å². The fourth-order valence-corrected chi connectivity index (χ4v) is 3.31. The molecule has 1 N–H and O–H groups in total. The van der Waals surface area contributed by atoms with Crippen LogP contribution in [0.25, 0.3) is 0 Å². The van der Waals surface area contributed by atoms with Crippen LogP contribution in [0.2, 0.25) is 0 Å². The molecule has 4 heteroatoms. The zero-order chi connectivity index (χ0) is 15.1. The molecule has 3 nitrogen and oxygen atoms in total. The third-order valence-electron chi connectivity index (χ3n) is 3.36. The first-order valence-corrected chi connectivity index (χ1v) is 8.70. The second kappa shape index (κ2) is 8.81. The van der Waals surface area contributed by atoms with Crippen LogP contribution in [0.15, 0.2) is 23.9 Å². The molecule has 0 saturated carbocycles. The van der Waals surface area contributed by atoms with Gasteiger partial charge in [-0.3, -0.25) is 9.34 Å². The van der Waals surface area contributed by atoms with Crippen molar-refractivity contribution in [3.05, 3.63) is 23.9 Å². The summed E-state index contributed by atoms with van der Waals surface area (Å²) in [6.45, 7) is 15.7. The van der Waals surface area contributed by atoms with Gasteiger partial charge in [0.05, 0.1) is 0 Å². The van der Waals surface area contributed by atoms with E-state index in [-0.39, 0.29) is 0 Å². The van der Waals surface area contributed by atoms with Crippen LogP contribution in [0.4, 0.5) is 0 Å². The predicted molar refractivity (Wildman–Crippen MR) is 92.1 cm³/mol. The molecule has 116 valence electrons. The molecule has 1 aliphatic heterocycles. The van der Waals surface area contributed by atoms with E-state index in [1.54, 1.807) is 0 Å². The van der Waals surface area contributed by atoms with Crippen molar-refractivity contribution in [3.63, 3.8) is 0 Å². The third-order valence-corrected chi connectivity index (χ3v) is 5.29. The van der Waals surface area contributed by atoms with Crippen molar-refractivity contribution in [2.24, 2.45) is 0 Å². The fraction of sp³-hybridized carbons (Fsp3) is 0.750. The summed E-state index contributed by atoms with van der Waals surface area (Å²) in [6.07, 6.45) is 7.89. The Bertz CT molecular complexity index is 335. The summed E-state index contributed by atoms with van der Waals surface area (Å²) >= 11 is 0. The highest BCUT2D eigenvalue weighted by Gasteiger charge is 2.19. The van der Waals surface area contributed by atoms with Crippen LogP contribution in [-0.4, -0.2) is 40.6 Å². The van der Waals surface area contributed by atoms with Crippen molar-refractivity contribution >= 4 is 8.88 Å². The summed E-state index contributed by atoms with van der Waals surface area (Å²) in [7, 11) is 0.791. The molecule has 20 heavy (non-hydrogen) atoms. The lowest BCUT2D eigenvalue weighted by molar-refractivity contribution is 0.334. The summed E-state index contributed by atoms with van der Waals surface area (Å²) in [4.78, 5) is 0. The van der Waals surface area contributed by atoms with E-state index in [1.165, 1.54) is 5.57 Å². The zero-order valence-electron chi connectivity index (χ0n) is 14.0. The van der Waals surface area contributed by atoms with Crippen molar-refractivity contribution in [2.45, 2.75) is 66.1 Å². The summed E-state index contributed by atoms with van der Waals surface area (Å²) in [6, 6.07) is 1.71. The molecule has 1 rings (SSSR count). The Morgan fingerprint density at radius 1 is 1.10 bits per heavy atom. The number of hydrogen-bond donors (Lipinski definition) is 1. The van der Waals surface area contributed by atoms with E-state index in [2.05, 4.69) is 74.6 Å². The van der Waals surface area contributed by atoms with Crippen molar-refractivity contribution in [2.75, 3.05) is 13.1 Å². The molecule has 1 aliphatic rings. The predicted octanol–water partition coefficient (Wildman–Crippen LogP) is 3.76. The molecular formula is C16H32N3P. The Morgan fingerprint density at radius 3 is 2.30 bits per heavy atom. The Morgan fingerprint density at radius 2 is 1.75 bits per heavy atom. The van der Waals surface area contributed by atoms with Crippen molar-refractivity contribution in [1.82, 2.24) is 14.7 Å². The van der Waals surface area contributed by atoms with E-state index in [4.69, 9.17) is 0 Å². The van der Waals surface area contributed by atoms with E-state index >= 15 is 0 Å². The molecule has 0 spiro atoms. The first-order valence-electron chi connectivity index (χ1n) is 7.81. The molecule has 0 amide bonds. The van der Waals surface area contributed by atoms with E-state index < -0.39 is 0 Å². The van der Waals surface area contributed by atoms with Crippen LogP contribution >= 0.6 is 8.88 Å². The standard InChI is InChI=1S/C16H32N3P/c1-13(2)17-10-9-16-8-7-11-18(14(3)4)20-19(12-16)15(5)6/h8-10,13-15,17,20H,7,11-12H2,1-6H3/b10-9?,16-8+. The van der Waals surface area contributed by atoms with Crippen LogP contribution in [0.1, 0.15) is 48.0 Å². The SMILES string of the molecule is CC(C)NC=C/C1=C\CCN(C(C)C)PN(C(C)C)C1. The van der Waals surface area contributed by atoms with Crippen LogP contribution in [0.3, 0.4) is 0 Å². The highest BCUT2D eigenvalue weighted by Crippen LogP contribution is 2.31. The molecule has 1 atom stereocenters.